The van der Waals surface area contributed by atoms with Crippen LogP contribution in [0.2, 0.25) is 0 Å². The summed E-state index contributed by atoms with van der Waals surface area (Å²) in [5.41, 5.74) is 12.7. The molecule has 5 heteroatoms. The molecule has 0 aliphatic rings. The van der Waals surface area contributed by atoms with E-state index in [0.717, 1.165) is 5.56 Å². The summed E-state index contributed by atoms with van der Waals surface area (Å²) in [6, 6.07) is 7.62. The fraction of sp³-hybridized carbons (Fsp3) is 0.0769. The Morgan fingerprint density at radius 2 is 2.00 bits per heavy atom. The number of nitrogens with zero attached hydrogens (tertiary/aromatic N) is 1. The van der Waals surface area contributed by atoms with Gasteiger partial charge in [-0.2, -0.15) is 0 Å². The quantitative estimate of drug-likeness (QED) is 0.847. The van der Waals surface area contributed by atoms with Gasteiger partial charge in [0, 0.05) is 11.3 Å². The number of nitrogens with two attached hydrogens (primary N) is 2. The minimum atomic E-state index is -0.796. The number of nitrogen functional groups attached to an aromatic ring is 1. The molecule has 1 amide bonds. The summed E-state index contributed by atoms with van der Waals surface area (Å²) >= 11 is 0. The van der Waals surface area contributed by atoms with Gasteiger partial charge in [0.1, 0.15) is 11.6 Å². The van der Waals surface area contributed by atoms with E-state index < -0.39 is 11.7 Å². The van der Waals surface area contributed by atoms with Crippen molar-refractivity contribution in [3.63, 3.8) is 0 Å². The standard InChI is InChI=1S/C13H12FN3O/c1-7-9(3-5-12(15)17-7)8-2-4-11(14)10(6-8)13(16)18/h2-6H,1H3,(H2,15,17)(H2,16,18). The van der Waals surface area contributed by atoms with Crippen molar-refractivity contribution in [2.75, 3.05) is 5.73 Å². The molecule has 0 saturated heterocycles. The normalized spacial score (nSPS) is 10.3. The van der Waals surface area contributed by atoms with Crippen molar-refractivity contribution >= 4 is 11.7 Å². The van der Waals surface area contributed by atoms with Crippen LogP contribution in [-0.4, -0.2) is 10.9 Å². The molecule has 1 aromatic carbocycles. The molecule has 92 valence electrons. The van der Waals surface area contributed by atoms with Crippen molar-refractivity contribution in [1.82, 2.24) is 4.98 Å². The first kappa shape index (κ1) is 12.0. The Morgan fingerprint density at radius 1 is 1.28 bits per heavy atom. The predicted octanol–water partition coefficient (Wildman–Crippen LogP) is 1.88. The van der Waals surface area contributed by atoms with Gasteiger partial charge in [0.05, 0.1) is 5.56 Å². The number of pyridine rings is 1. The molecule has 0 bridgehead atoms. The Labute approximate surface area is 103 Å². The van der Waals surface area contributed by atoms with Gasteiger partial charge < -0.3 is 11.5 Å². The van der Waals surface area contributed by atoms with Crippen molar-refractivity contribution < 1.29 is 9.18 Å². The highest BCUT2D eigenvalue weighted by Crippen LogP contribution is 2.25. The number of anilines is 1. The number of primary amides is 1. The number of aromatic nitrogens is 1. The van der Waals surface area contributed by atoms with Crippen molar-refractivity contribution in [2.24, 2.45) is 5.73 Å². The zero-order chi connectivity index (χ0) is 13.3. The lowest BCUT2D eigenvalue weighted by atomic mass is 10.0. The van der Waals surface area contributed by atoms with E-state index in [1.165, 1.54) is 12.1 Å². The highest BCUT2D eigenvalue weighted by Gasteiger charge is 2.11. The molecule has 0 unspecified atom stereocenters. The van der Waals surface area contributed by atoms with Crippen LogP contribution in [0.15, 0.2) is 30.3 Å². The minimum absolute atomic E-state index is 0.135. The van der Waals surface area contributed by atoms with Crippen LogP contribution in [0.3, 0.4) is 0 Å². The number of hydrogen-bond donors (Lipinski definition) is 2. The Hall–Kier alpha value is -2.43. The maximum Gasteiger partial charge on any atom is 0.251 e. The van der Waals surface area contributed by atoms with E-state index in [0.29, 0.717) is 17.1 Å². The molecule has 0 saturated carbocycles. The fourth-order valence-corrected chi connectivity index (χ4v) is 1.77. The van der Waals surface area contributed by atoms with E-state index in [-0.39, 0.29) is 5.56 Å². The van der Waals surface area contributed by atoms with Crippen molar-refractivity contribution in [3.8, 4) is 11.1 Å². The second-order valence-electron chi connectivity index (χ2n) is 3.93. The van der Waals surface area contributed by atoms with Gasteiger partial charge in [-0.3, -0.25) is 4.79 Å². The molecule has 0 atom stereocenters. The Morgan fingerprint density at radius 3 is 2.61 bits per heavy atom. The fourth-order valence-electron chi connectivity index (χ4n) is 1.77. The minimum Gasteiger partial charge on any atom is -0.384 e. The number of halogens is 1. The molecule has 0 spiro atoms. The van der Waals surface area contributed by atoms with E-state index in [4.69, 9.17) is 11.5 Å². The lowest BCUT2D eigenvalue weighted by Gasteiger charge is -2.08. The van der Waals surface area contributed by atoms with E-state index in [1.54, 1.807) is 25.1 Å². The first-order valence-electron chi connectivity index (χ1n) is 5.32. The highest BCUT2D eigenvalue weighted by atomic mass is 19.1. The molecule has 2 aromatic rings. The molecule has 4 N–H and O–H groups in total. The van der Waals surface area contributed by atoms with Gasteiger partial charge in [-0.15, -0.1) is 0 Å². The molecule has 1 aromatic heterocycles. The topological polar surface area (TPSA) is 82.0 Å². The van der Waals surface area contributed by atoms with Gasteiger partial charge in [-0.1, -0.05) is 6.07 Å². The second kappa shape index (κ2) is 4.44. The summed E-state index contributed by atoms with van der Waals surface area (Å²) in [5.74, 6) is -1.02. The van der Waals surface area contributed by atoms with Crippen LogP contribution in [0.4, 0.5) is 10.2 Å². The molecule has 0 aliphatic carbocycles. The van der Waals surface area contributed by atoms with Crippen LogP contribution < -0.4 is 11.5 Å². The number of benzene rings is 1. The third-order valence-electron chi connectivity index (χ3n) is 2.65. The van der Waals surface area contributed by atoms with Crippen LogP contribution in [0.5, 0.6) is 0 Å². The third-order valence-corrected chi connectivity index (χ3v) is 2.65. The molecule has 0 aliphatic heterocycles. The van der Waals surface area contributed by atoms with E-state index in [9.17, 15) is 9.18 Å². The summed E-state index contributed by atoms with van der Waals surface area (Å²) in [6.45, 7) is 1.79. The molecule has 0 fully saturated rings. The largest absolute Gasteiger partial charge is 0.384 e. The molecule has 1 heterocycles. The smallest absolute Gasteiger partial charge is 0.251 e. The van der Waals surface area contributed by atoms with Gasteiger partial charge >= 0.3 is 0 Å². The van der Waals surface area contributed by atoms with Gasteiger partial charge in [-0.05, 0) is 36.8 Å². The molecule has 0 radical (unpaired) electrons. The van der Waals surface area contributed by atoms with Crippen LogP contribution in [0, 0.1) is 12.7 Å². The number of hydrogen-bond acceptors (Lipinski definition) is 3. The molecule has 4 nitrogen and oxygen atoms in total. The van der Waals surface area contributed by atoms with Gasteiger partial charge in [0.15, 0.2) is 0 Å². The lowest BCUT2D eigenvalue weighted by Crippen LogP contribution is -2.13. The third kappa shape index (κ3) is 2.15. The van der Waals surface area contributed by atoms with Crippen LogP contribution in [0.25, 0.3) is 11.1 Å². The predicted molar refractivity (Wildman–Crippen MR) is 67.3 cm³/mol. The number of amides is 1. The van der Waals surface area contributed by atoms with Crippen LogP contribution >= 0.6 is 0 Å². The van der Waals surface area contributed by atoms with Crippen molar-refractivity contribution in [3.05, 3.63) is 47.4 Å². The summed E-state index contributed by atoms with van der Waals surface area (Å²) in [7, 11) is 0. The summed E-state index contributed by atoms with van der Waals surface area (Å²) < 4.78 is 13.4. The summed E-state index contributed by atoms with van der Waals surface area (Å²) in [5, 5.41) is 0. The molecular formula is C13H12FN3O. The SMILES string of the molecule is Cc1nc(N)ccc1-c1ccc(F)c(C(N)=O)c1. The number of aryl methyl sites for hydroxylation is 1. The van der Waals surface area contributed by atoms with Crippen LogP contribution in [-0.2, 0) is 0 Å². The number of carbonyl (C=O) groups is 1. The average molecular weight is 245 g/mol. The van der Waals surface area contributed by atoms with Crippen molar-refractivity contribution in [2.45, 2.75) is 6.92 Å². The van der Waals surface area contributed by atoms with Gasteiger partial charge in [-0.25, -0.2) is 9.37 Å². The Kier molecular flexibility index (Phi) is 2.97. The van der Waals surface area contributed by atoms with Crippen molar-refractivity contribution in [1.29, 1.82) is 0 Å². The van der Waals surface area contributed by atoms with Gasteiger partial charge in [0.2, 0.25) is 0 Å². The zero-order valence-corrected chi connectivity index (χ0v) is 9.77. The van der Waals surface area contributed by atoms with E-state index in [1.807, 2.05) is 0 Å². The van der Waals surface area contributed by atoms with E-state index in [2.05, 4.69) is 4.98 Å². The first-order chi connectivity index (χ1) is 8.49. The summed E-state index contributed by atoms with van der Waals surface area (Å²) in [6.07, 6.45) is 0. The van der Waals surface area contributed by atoms with Gasteiger partial charge in [0.25, 0.3) is 5.91 Å². The molecule has 2 rings (SSSR count). The first-order valence-corrected chi connectivity index (χ1v) is 5.32. The lowest BCUT2D eigenvalue weighted by molar-refractivity contribution is 0.0996. The second-order valence-corrected chi connectivity index (χ2v) is 3.93. The Balaban J connectivity index is 2.58. The molecule has 18 heavy (non-hydrogen) atoms. The highest BCUT2D eigenvalue weighted by molar-refractivity contribution is 5.94. The number of rotatable bonds is 2. The molecular weight excluding hydrogens is 233 g/mol. The Bertz CT molecular complexity index is 626. The summed E-state index contributed by atoms with van der Waals surface area (Å²) in [4.78, 5) is 15.2. The maximum atomic E-state index is 13.4. The monoisotopic (exact) mass is 245 g/mol. The zero-order valence-electron chi connectivity index (χ0n) is 9.77. The average Bonchev–Trinajstić information content (AvgIpc) is 2.30. The maximum absolute atomic E-state index is 13.4. The number of carbonyl (C=O) groups excluding carboxylic acids is 1. The van der Waals surface area contributed by atoms with Crippen LogP contribution in [0.1, 0.15) is 16.1 Å². The van der Waals surface area contributed by atoms with E-state index >= 15 is 0 Å².